The van der Waals surface area contributed by atoms with Crippen molar-refractivity contribution in [1.29, 1.82) is 0 Å². The summed E-state index contributed by atoms with van der Waals surface area (Å²) in [5.74, 6) is 0.360. The van der Waals surface area contributed by atoms with Crippen LogP contribution in [0, 0.1) is 3.57 Å². The van der Waals surface area contributed by atoms with Gasteiger partial charge in [-0.3, -0.25) is 0 Å². The van der Waals surface area contributed by atoms with Crippen molar-refractivity contribution in [1.82, 2.24) is 0 Å². The van der Waals surface area contributed by atoms with Gasteiger partial charge in [0.05, 0.1) is 6.04 Å². The molecule has 3 aromatic rings. The van der Waals surface area contributed by atoms with Gasteiger partial charge >= 0.3 is 0 Å². The van der Waals surface area contributed by atoms with Gasteiger partial charge < -0.3 is 10.4 Å². The molecule has 0 aliphatic carbocycles. The molecule has 106 valence electrons. The Bertz CT molecular complexity index is 785. The molecule has 0 spiro atoms. The maximum atomic E-state index is 10.5. The highest BCUT2D eigenvalue weighted by atomic mass is 127. The number of hydrogen-bond donors (Lipinski definition) is 2. The Morgan fingerprint density at radius 1 is 0.952 bits per heavy atom. The lowest BCUT2D eigenvalue weighted by Gasteiger charge is -2.19. The Morgan fingerprint density at radius 3 is 2.48 bits per heavy atom. The number of phenolic OH excluding ortho intramolecular Hbond substituents is 1. The molecular formula is C18H16INO. The SMILES string of the molecule is CC(Nc1ccccc1I)c1ccc2ccccc2c1O. The molecule has 0 saturated heterocycles. The number of benzene rings is 3. The van der Waals surface area contributed by atoms with Crippen LogP contribution in [-0.2, 0) is 0 Å². The highest BCUT2D eigenvalue weighted by Crippen LogP contribution is 2.34. The number of para-hydroxylation sites is 1. The minimum atomic E-state index is 0.0329. The molecule has 3 rings (SSSR count). The fourth-order valence-electron chi connectivity index (χ4n) is 2.51. The number of phenols is 1. The van der Waals surface area contributed by atoms with Crippen molar-refractivity contribution in [2.45, 2.75) is 13.0 Å². The first-order chi connectivity index (χ1) is 10.2. The molecule has 0 amide bonds. The van der Waals surface area contributed by atoms with E-state index in [4.69, 9.17) is 0 Å². The second-order valence-electron chi connectivity index (χ2n) is 5.07. The number of anilines is 1. The molecule has 0 saturated carbocycles. The first kappa shape index (κ1) is 14.2. The van der Waals surface area contributed by atoms with Crippen molar-refractivity contribution in [2.75, 3.05) is 5.32 Å². The number of nitrogens with one attached hydrogen (secondary N) is 1. The molecule has 0 heterocycles. The van der Waals surface area contributed by atoms with Gasteiger partial charge in [-0.05, 0) is 47.0 Å². The molecule has 0 aliphatic rings. The zero-order valence-corrected chi connectivity index (χ0v) is 13.8. The molecular weight excluding hydrogens is 373 g/mol. The third-order valence-corrected chi connectivity index (χ3v) is 4.58. The molecule has 0 aromatic heterocycles. The monoisotopic (exact) mass is 389 g/mol. The molecule has 21 heavy (non-hydrogen) atoms. The summed E-state index contributed by atoms with van der Waals surface area (Å²) in [5, 5.41) is 15.9. The first-order valence-corrected chi connectivity index (χ1v) is 7.96. The number of hydrogen-bond acceptors (Lipinski definition) is 2. The van der Waals surface area contributed by atoms with Crippen LogP contribution in [0.15, 0.2) is 60.7 Å². The van der Waals surface area contributed by atoms with Gasteiger partial charge in [0, 0.05) is 20.2 Å². The van der Waals surface area contributed by atoms with Gasteiger partial charge in [-0.1, -0.05) is 48.5 Å². The highest BCUT2D eigenvalue weighted by molar-refractivity contribution is 14.1. The number of rotatable bonds is 3. The minimum absolute atomic E-state index is 0.0329. The predicted molar refractivity (Wildman–Crippen MR) is 96.8 cm³/mol. The minimum Gasteiger partial charge on any atom is -0.507 e. The average Bonchev–Trinajstić information content (AvgIpc) is 2.50. The summed E-state index contributed by atoms with van der Waals surface area (Å²) in [4.78, 5) is 0. The van der Waals surface area contributed by atoms with E-state index in [2.05, 4.69) is 53.0 Å². The Balaban J connectivity index is 1.97. The highest BCUT2D eigenvalue weighted by Gasteiger charge is 2.13. The summed E-state index contributed by atoms with van der Waals surface area (Å²) >= 11 is 2.31. The fourth-order valence-corrected chi connectivity index (χ4v) is 3.05. The third kappa shape index (κ3) is 2.83. The van der Waals surface area contributed by atoms with Crippen molar-refractivity contribution < 1.29 is 5.11 Å². The second-order valence-corrected chi connectivity index (χ2v) is 6.23. The molecule has 3 aromatic carbocycles. The number of halogens is 1. The second kappa shape index (κ2) is 5.93. The lowest BCUT2D eigenvalue weighted by atomic mass is 10.0. The largest absolute Gasteiger partial charge is 0.507 e. The van der Waals surface area contributed by atoms with E-state index >= 15 is 0 Å². The van der Waals surface area contributed by atoms with Gasteiger partial charge in [0.15, 0.2) is 0 Å². The Kier molecular flexibility index (Phi) is 4.01. The Hall–Kier alpha value is -1.75. The zero-order chi connectivity index (χ0) is 14.8. The van der Waals surface area contributed by atoms with Crippen LogP contribution < -0.4 is 5.32 Å². The van der Waals surface area contributed by atoms with E-state index < -0.39 is 0 Å². The zero-order valence-electron chi connectivity index (χ0n) is 11.7. The fraction of sp³-hybridized carbons (Fsp3) is 0.111. The molecule has 2 nitrogen and oxygen atoms in total. The normalized spacial score (nSPS) is 12.3. The lowest BCUT2D eigenvalue weighted by Crippen LogP contribution is -2.08. The molecule has 3 heteroatoms. The van der Waals surface area contributed by atoms with Gasteiger partial charge in [0.1, 0.15) is 5.75 Å². The van der Waals surface area contributed by atoms with Crippen molar-refractivity contribution in [3.8, 4) is 5.75 Å². The molecule has 0 radical (unpaired) electrons. The van der Waals surface area contributed by atoms with Crippen LogP contribution in [0.5, 0.6) is 5.75 Å². The standard InChI is InChI=1S/C18H16INO/c1-12(20-17-9-5-4-8-16(17)19)14-11-10-13-6-2-3-7-15(13)18(14)21/h2-12,20-21H,1H3. The van der Waals surface area contributed by atoms with E-state index in [9.17, 15) is 5.11 Å². The van der Waals surface area contributed by atoms with E-state index in [1.165, 1.54) is 3.57 Å². The van der Waals surface area contributed by atoms with E-state index in [0.717, 1.165) is 22.0 Å². The van der Waals surface area contributed by atoms with Crippen LogP contribution in [0.4, 0.5) is 5.69 Å². The third-order valence-electron chi connectivity index (χ3n) is 3.64. The predicted octanol–water partition coefficient (Wildman–Crippen LogP) is 5.32. The first-order valence-electron chi connectivity index (χ1n) is 6.88. The summed E-state index contributed by atoms with van der Waals surface area (Å²) in [5.41, 5.74) is 1.99. The molecule has 0 bridgehead atoms. The maximum Gasteiger partial charge on any atom is 0.128 e. The Morgan fingerprint density at radius 2 is 1.67 bits per heavy atom. The van der Waals surface area contributed by atoms with Crippen molar-refractivity contribution in [2.24, 2.45) is 0 Å². The summed E-state index contributed by atoms with van der Waals surface area (Å²) in [6.07, 6.45) is 0. The van der Waals surface area contributed by atoms with Gasteiger partial charge in [-0.25, -0.2) is 0 Å². The average molecular weight is 389 g/mol. The van der Waals surface area contributed by atoms with Crippen molar-refractivity contribution in [3.63, 3.8) is 0 Å². The summed E-state index contributed by atoms with van der Waals surface area (Å²) in [6, 6.07) is 20.1. The summed E-state index contributed by atoms with van der Waals surface area (Å²) in [6.45, 7) is 2.06. The molecule has 1 unspecified atom stereocenters. The van der Waals surface area contributed by atoms with Crippen LogP contribution in [0.25, 0.3) is 10.8 Å². The summed E-state index contributed by atoms with van der Waals surface area (Å²) < 4.78 is 1.17. The number of fused-ring (bicyclic) bond motifs is 1. The molecule has 0 fully saturated rings. The van der Waals surface area contributed by atoms with E-state index in [-0.39, 0.29) is 6.04 Å². The van der Waals surface area contributed by atoms with Gasteiger partial charge in [0.2, 0.25) is 0 Å². The van der Waals surface area contributed by atoms with E-state index in [1.807, 2.05) is 42.5 Å². The van der Waals surface area contributed by atoms with Crippen LogP contribution in [-0.4, -0.2) is 5.11 Å². The van der Waals surface area contributed by atoms with Crippen LogP contribution in [0.3, 0.4) is 0 Å². The van der Waals surface area contributed by atoms with Gasteiger partial charge in [0.25, 0.3) is 0 Å². The van der Waals surface area contributed by atoms with Crippen LogP contribution >= 0.6 is 22.6 Å². The topological polar surface area (TPSA) is 32.3 Å². The Labute approximate surface area is 138 Å². The number of aromatic hydroxyl groups is 1. The molecule has 2 N–H and O–H groups in total. The van der Waals surface area contributed by atoms with Crippen molar-refractivity contribution in [3.05, 3.63) is 69.8 Å². The van der Waals surface area contributed by atoms with Gasteiger partial charge in [-0.2, -0.15) is 0 Å². The van der Waals surface area contributed by atoms with E-state index in [1.54, 1.807) is 0 Å². The van der Waals surface area contributed by atoms with E-state index in [0.29, 0.717) is 5.75 Å². The molecule has 1 atom stereocenters. The van der Waals surface area contributed by atoms with Crippen LogP contribution in [0.2, 0.25) is 0 Å². The van der Waals surface area contributed by atoms with Crippen molar-refractivity contribution >= 4 is 39.1 Å². The summed E-state index contributed by atoms with van der Waals surface area (Å²) in [7, 11) is 0. The lowest BCUT2D eigenvalue weighted by molar-refractivity contribution is 0.472. The smallest absolute Gasteiger partial charge is 0.128 e. The van der Waals surface area contributed by atoms with Gasteiger partial charge in [-0.15, -0.1) is 0 Å². The quantitative estimate of drug-likeness (QED) is 0.594. The maximum absolute atomic E-state index is 10.5. The molecule has 0 aliphatic heterocycles. The van der Waals surface area contributed by atoms with Crippen LogP contribution in [0.1, 0.15) is 18.5 Å².